The Kier molecular flexibility index (Phi) is 4.71. The summed E-state index contributed by atoms with van der Waals surface area (Å²) < 4.78 is 1.47. The quantitative estimate of drug-likeness (QED) is 0.518. The van der Waals surface area contributed by atoms with E-state index in [1.54, 1.807) is 18.3 Å². The molecular weight excluding hydrogens is 376 g/mol. The molecule has 0 aliphatic carbocycles. The third-order valence-corrected chi connectivity index (χ3v) is 6.06. The second-order valence-corrected chi connectivity index (χ2v) is 8.07. The summed E-state index contributed by atoms with van der Waals surface area (Å²) in [6.07, 6.45) is 5.06. The highest BCUT2D eigenvalue weighted by atomic mass is 16.2. The Hall–Kier alpha value is -3.25. The van der Waals surface area contributed by atoms with Gasteiger partial charge in [-0.15, -0.1) is 0 Å². The van der Waals surface area contributed by atoms with Crippen LogP contribution >= 0.6 is 0 Å². The van der Waals surface area contributed by atoms with Crippen molar-refractivity contribution in [2.45, 2.75) is 38.3 Å². The van der Waals surface area contributed by atoms with Gasteiger partial charge in [0.15, 0.2) is 5.65 Å². The first-order valence-corrected chi connectivity index (χ1v) is 10.5. The maximum Gasteiger partial charge on any atom is 0.265 e. The van der Waals surface area contributed by atoms with Gasteiger partial charge in [-0.1, -0.05) is 30.7 Å². The van der Waals surface area contributed by atoms with Crippen molar-refractivity contribution in [1.29, 1.82) is 0 Å². The van der Waals surface area contributed by atoms with Crippen molar-refractivity contribution in [2.24, 2.45) is 0 Å². The standard InChI is InChI=1S/C24H24N4O2/c1-15(20-10-4-5-11-25-20)26-23(29)18-9-6-12-28-22(18)27-21-14-17-8-3-2-7-16(17)13-19(21)24(28)30/h2-3,6-9,12-15,20,25H,4-5,10-11H2,1H3,(H,26,29). The summed E-state index contributed by atoms with van der Waals surface area (Å²) in [7, 11) is 0. The van der Waals surface area contributed by atoms with Crippen LogP contribution in [0, 0.1) is 0 Å². The Morgan fingerprint density at radius 1 is 1.17 bits per heavy atom. The van der Waals surface area contributed by atoms with Crippen LogP contribution in [-0.2, 0) is 0 Å². The minimum absolute atomic E-state index is 0.00539. The molecule has 0 bridgehead atoms. The van der Waals surface area contributed by atoms with E-state index in [0.717, 1.165) is 23.7 Å². The molecule has 4 aromatic rings. The zero-order valence-electron chi connectivity index (χ0n) is 16.9. The summed E-state index contributed by atoms with van der Waals surface area (Å²) in [5, 5.41) is 9.13. The molecule has 30 heavy (non-hydrogen) atoms. The lowest BCUT2D eigenvalue weighted by Crippen LogP contribution is -2.50. The maximum absolute atomic E-state index is 13.2. The van der Waals surface area contributed by atoms with Crippen molar-refractivity contribution in [3.63, 3.8) is 0 Å². The van der Waals surface area contributed by atoms with E-state index in [9.17, 15) is 9.59 Å². The monoisotopic (exact) mass is 400 g/mol. The largest absolute Gasteiger partial charge is 0.348 e. The fraction of sp³-hybridized carbons (Fsp3) is 0.292. The molecule has 0 spiro atoms. The van der Waals surface area contributed by atoms with Crippen LogP contribution in [0.3, 0.4) is 0 Å². The van der Waals surface area contributed by atoms with Crippen LogP contribution in [0.1, 0.15) is 36.5 Å². The predicted molar refractivity (Wildman–Crippen MR) is 119 cm³/mol. The van der Waals surface area contributed by atoms with Crippen LogP contribution in [0.4, 0.5) is 0 Å². The Bertz CT molecular complexity index is 1320. The van der Waals surface area contributed by atoms with Gasteiger partial charge in [0.2, 0.25) is 0 Å². The molecule has 5 rings (SSSR count). The van der Waals surface area contributed by atoms with E-state index in [-0.39, 0.29) is 23.6 Å². The van der Waals surface area contributed by atoms with Gasteiger partial charge in [-0.2, -0.15) is 0 Å². The zero-order chi connectivity index (χ0) is 20.7. The van der Waals surface area contributed by atoms with Crippen LogP contribution < -0.4 is 16.2 Å². The molecule has 0 saturated carbocycles. The minimum Gasteiger partial charge on any atom is -0.348 e. The van der Waals surface area contributed by atoms with Gasteiger partial charge >= 0.3 is 0 Å². The van der Waals surface area contributed by atoms with E-state index >= 15 is 0 Å². The van der Waals surface area contributed by atoms with Crippen LogP contribution in [0.15, 0.2) is 59.5 Å². The average Bonchev–Trinajstić information content (AvgIpc) is 2.78. The normalized spacial score (nSPS) is 18.0. The van der Waals surface area contributed by atoms with E-state index < -0.39 is 0 Å². The number of carbonyl (C=O) groups excluding carboxylic acids is 1. The van der Waals surface area contributed by atoms with Gasteiger partial charge in [-0.05, 0) is 61.3 Å². The second kappa shape index (κ2) is 7.54. The van der Waals surface area contributed by atoms with Gasteiger partial charge in [0.1, 0.15) is 0 Å². The number of nitrogens with zero attached hydrogens (tertiary/aromatic N) is 2. The number of pyridine rings is 1. The third kappa shape index (κ3) is 3.23. The highest BCUT2D eigenvalue weighted by Crippen LogP contribution is 2.21. The summed E-state index contributed by atoms with van der Waals surface area (Å²) >= 11 is 0. The number of rotatable bonds is 3. The van der Waals surface area contributed by atoms with Crippen LogP contribution in [0.25, 0.3) is 27.3 Å². The van der Waals surface area contributed by atoms with E-state index in [4.69, 9.17) is 4.98 Å². The highest BCUT2D eigenvalue weighted by molar-refractivity contribution is 6.02. The molecule has 2 aromatic carbocycles. The van der Waals surface area contributed by atoms with Gasteiger partial charge in [0.05, 0.1) is 16.5 Å². The fourth-order valence-electron chi connectivity index (χ4n) is 4.38. The van der Waals surface area contributed by atoms with Crippen molar-refractivity contribution in [3.8, 4) is 0 Å². The Balaban J connectivity index is 1.59. The van der Waals surface area contributed by atoms with Crippen molar-refractivity contribution >= 4 is 33.2 Å². The molecule has 152 valence electrons. The molecule has 6 heteroatoms. The fourth-order valence-corrected chi connectivity index (χ4v) is 4.38. The summed E-state index contributed by atoms with van der Waals surface area (Å²) in [5.41, 5.74) is 1.22. The first kappa shape index (κ1) is 18.8. The van der Waals surface area contributed by atoms with Gasteiger partial charge in [0, 0.05) is 18.3 Å². The van der Waals surface area contributed by atoms with Gasteiger partial charge < -0.3 is 10.6 Å². The average molecular weight is 400 g/mol. The highest BCUT2D eigenvalue weighted by Gasteiger charge is 2.23. The third-order valence-electron chi connectivity index (χ3n) is 6.06. The van der Waals surface area contributed by atoms with E-state index in [1.165, 1.54) is 17.2 Å². The van der Waals surface area contributed by atoms with Gasteiger partial charge in [-0.3, -0.25) is 14.0 Å². The van der Waals surface area contributed by atoms with Gasteiger partial charge in [-0.25, -0.2) is 4.98 Å². The van der Waals surface area contributed by atoms with Crippen LogP contribution in [0.5, 0.6) is 0 Å². The van der Waals surface area contributed by atoms with Crippen LogP contribution in [0.2, 0.25) is 0 Å². The predicted octanol–water partition coefficient (Wildman–Crippen LogP) is 3.26. The number of nitrogens with one attached hydrogen (secondary N) is 2. The number of aromatic nitrogens is 2. The molecule has 2 atom stereocenters. The van der Waals surface area contributed by atoms with E-state index in [0.29, 0.717) is 22.1 Å². The molecule has 1 saturated heterocycles. The molecule has 1 aliphatic heterocycles. The number of hydrogen-bond donors (Lipinski definition) is 2. The number of hydrogen-bond acceptors (Lipinski definition) is 4. The summed E-state index contributed by atoms with van der Waals surface area (Å²) in [4.78, 5) is 31.0. The SMILES string of the molecule is CC(NC(=O)c1cccn2c(=O)c3cc4ccccc4cc3nc12)C1CCCCN1. The lowest BCUT2D eigenvalue weighted by Gasteiger charge is -2.29. The van der Waals surface area contributed by atoms with Crippen molar-refractivity contribution in [3.05, 3.63) is 70.6 Å². The number of benzene rings is 2. The maximum atomic E-state index is 13.2. The van der Waals surface area contributed by atoms with Crippen molar-refractivity contribution in [2.75, 3.05) is 6.54 Å². The summed E-state index contributed by atoms with van der Waals surface area (Å²) in [6, 6.07) is 15.4. The Morgan fingerprint density at radius 2 is 1.97 bits per heavy atom. The molecule has 3 heterocycles. The number of amides is 1. The minimum atomic E-state index is -0.208. The lowest BCUT2D eigenvalue weighted by molar-refractivity contribution is 0.0929. The number of fused-ring (bicyclic) bond motifs is 3. The second-order valence-electron chi connectivity index (χ2n) is 8.07. The summed E-state index contributed by atoms with van der Waals surface area (Å²) in [6.45, 7) is 3.00. The molecule has 1 fully saturated rings. The molecule has 0 radical (unpaired) electrons. The van der Waals surface area contributed by atoms with Crippen molar-refractivity contribution in [1.82, 2.24) is 20.0 Å². The Morgan fingerprint density at radius 3 is 2.73 bits per heavy atom. The molecular formula is C24H24N4O2. The zero-order valence-corrected chi connectivity index (χ0v) is 16.9. The summed E-state index contributed by atoms with van der Waals surface area (Å²) in [5.74, 6) is -0.208. The molecule has 2 unspecified atom stereocenters. The van der Waals surface area contributed by atoms with Gasteiger partial charge in [0.25, 0.3) is 11.5 Å². The molecule has 2 N–H and O–H groups in total. The number of carbonyl (C=O) groups is 1. The van der Waals surface area contributed by atoms with Crippen LogP contribution in [-0.4, -0.2) is 33.9 Å². The smallest absolute Gasteiger partial charge is 0.265 e. The first-order valence-electron chi connectivity index (χ1n) is 10.5. The van der Waals surface area contributed by atoms with E-state index in [2.05, 4.69) is 10.6 Å². The van der Waals surface area contributed by atoms with Crippen molar-refractivity contribution < 1.29 is 4.79 Å². The Labute approximate surface area is 173 Å². The topological polar surface area (TPSA) is 75.5 Å². The molecule has 2 aromatic heterocycles. The lowest BCUT2D eigenvalue weighted by atomic mass is 9.99. The van der Waals surface area contributed by atoms with E-state index in [1.807, 2.05) is 43.3 Å². The molecule has 1 aliphatic rings. The molecule has 6 nitrogen and oxygen atoms in total. The molecule has 1 amide bonds. The first-order chi connectivity index (χ1) is 14.6. The number of piperidine rings is 1.